The van der Waals surface area contributed by atoms with Crippen LogP contribution in [0.25, 0.3) is 11.1 Å². The topological polar surface area (TPSA) is 83.5 Å². The molecule has 0 bridgehead atoms. The van der Waals surface area contributed by atoms with Gasteiger partial charge in [0.2, 0.25) is 10.0 Å². The zero-order chi connectivity index (χ0) is 22.6. The van der Waals surface area contributed by atoms with Crippen LogP contribution in [-0.4, -0.2) is 26.0 Å². The Morgan fingerprint density at radius 1 is 0.935 bits per heavy atom. The summed E-state index contributed by atoms with van der Waals surface area (Å²) in [6, 6.07) is 20.7. The van der Waals surface area contributed by atoms with Crippen LogP contribution in [0.4, 0.5) is 0 Å². The third-order valence-electron chi connectivity index (χ3n) is 5.32. The average molecular weight is 438 g/mol. The number of rotatable bonds is 8. The highest BCUT2D eigenvalue weighted by Crippen LogP contribution is 2.23. The van der Waals surface area contributed by atoms with Crippen LogP contribution in [0.15, 0.2) is 71.6 Å². The minimum Gasteiger partial charge on any atom is -0.478 e. The molecule has 0 atom stereocenters. The van der Waals surface area contributed by atoms with E-state index >= 15 is 0 Å². The molecule has 0 saturated carbocycles. The zero-order valence-corrected chi connectivity index (χ0v) is 18.7. The molecular formula is C25H27NO4S. The molecule has 0 fully saturated rings. The lowest BCUT2D eigenvalue weighted by molar-refractivity contribution is 0.0696. The molecule has 0 aromatic heterocycles. The summed E-state index contributed by atoms with van der Waals surface area (Å²) in [5, 5.41) is 9.21. The van der Waals surface area contributed by atoms with E-state index in [1.165, 1.54) is 23.8 Å². The van der Waals surface area contributed by atoms with E-state index in [4.69, 9.17) is 0 Å². The number of aryl methyl sites for hydroxylation is 1. The number of carboxylic acid groups (broad SMARTS) is 1. The molecule has 0 saturated heterocycles. The molecule has 3 aromatic carbocycles. The SMILES string of the molecule is Cc1ccc(S(=O)(=O)NCCc2ccc(-c3ccc(C(C)C)cc3)cc2)cc1C(=O)O. The molecule has 5 nitrogen and oxygen atoms in total. The fourth-order valence-corrected chi connectivity index (χ4v) is 4.39. The van der Waals surface area contributed by atoms with Gasteiger partial charge in [0, 0.05) is 6.54 Å². The lowest BCUT2D eigenvalue weighted by atomic mass is 9.98. The Morgan fingerprint density at radius 3 is 2.06 bits per heavy atom. The molecule has 0 heterocycles. The van der Waals surface area contributed by atoms with Gasteiger partial charge in [0.15, 0.2) is 0 Å². The molecule has 0 aliphatic rings. The van der Waals surface area contributed by atoms with Crippen molar-refractivity contribution in [3.63, 3.8) is 0 Å². The van der Waals surface area contributed by atoms with Gasteiger partial charge < -0.3 is 5.11 Å². The second-order valence-corrected chi connectivity index (χ2v) is 9.67. The Labute approximate surface area is 183 Å². The summed E-state index contributed by atoms with van der Waals surface area (Å²) < 4.78 is 27.6. The summed E-state index contributed by atoms with van der Waals surface area (Å²) in [5.74, 6) is -0.649. The van der Waals surface area contributed by atoms with Gasteiger partial charge >= 0.3 is 5.97 Å². The average Bonchev–Trinajstić information content (AvgIpc) is 2.74. The first-order chi connectivity index (χ1) is 14.7. The van der Waals surface area contributed by atoms with Gasteiger partial charge in [0.1, 0.15) is 0 Å². The van der Waals surface area contributed by atoms with Crippen LogP contribution in [0, 0.1) is 6.92 Å². The summed E-state index contributed by atoms with van der Waals surface area (Å²) in [4.78, 5) is 11.2. The molecule has 0 aliphatic carbocycles. The van der Waals surface area contributed by atoms with Crippen molar-refractivity contribution in [1.29, 1.82) is 0 Å². The van der Waals surface area contributed by atoms with Crippen molar-refractivity contribution < 1.29 is 18.3 Å². The number of carboxylic acids is 1. The minimum absolute atomic E-state index is 0.0140. The first-order valence-electron chi connectivity index (χ1n) is 10.2. The predicted octanol–water partition coefficient (Wildman–Crippen LogP) is 5.00. The molecule has 0 aliphatic heterocycles. The van der Waals surface area contributed by atoms with E-state index in [9.17, 15) is 18.3 Å². The number of benzene rings is 3. The van der Waals surface area contributed by atoms with E-state index in [-0.39, 0.29) is 17.0 Å². The molecule has 6 heteroatoms. The van der Waals surface area contributed by atoms with Gasteiger partial charge in [-0.3, -0.25) is 0 Å². The van der Waals surface area contributed by atoms with Crippen molar-refractivity contribution >= 4 is 16.0 Å². The maximum Gasteiger partial charge on any atom is 0.335 e. The van der Waals surface area contributed by atoms with Crippen molar-refractivity contribution in [2.24, 2.45) is 0 Å². The molecule has 3 rings (SSSR count). The van der Waals surface area contributed by atoms with Crippen molar-refractivity contribution in [1.82, 2.24) is 4.72 Å². The van der Waals surface area contributed by atoms with Gasteiger partial charge in [-0.2, -0.15) is 0 Å². The Balaban J connectivity index is 1.63. The monoisotopic (exact) mass is 437 g/mol. The second-order valence-electron chi connectivity index (χ2n) is 7.90. The van der Waals surface area contributed by atoms with Gasteiger partial charge in [0.25, 0.3) is 0 Å². The second kappa shape index (κ2) is 9.45. The summed E-state index contributed by atoms with van der Waals surface area (Å²) >= 11 is 0. The Kier molecular flexibility index (Phi) is 6.93. The van der Waals surface area contributed by atoms with Crippen LogP contribution in [0.1, 0.15) is 46.8 Å². The highest BCUT2D eigenvalue weighted by molar-refractivity contribution is 7.89. The van der Waals surface area contributed by atoms with Gasteiger partial charge in [-0.05, 0) is 59.2 Å². The predicted molar refractivity (Wildman–Crippen MR) is 123 cm³/mol. The van der Waals surface area contributed by atoms with Gasteiger partial charge in [0.05, 0.1) is 10.5 Å². The van der Waals surface area contributed by atoms with E-state index in [1.807, 2.05) is 24.3 Å². The van der Waals surface area contributed by atoms with Crippen LogP contribution < -0.4 is 4.72 Å². The number of hydrogen-bond acceptors (Lipinski definition) is 3. The maximum absolute atomic E-state index is 12.5. The number of carbonyl (C=O) groups is 1. The van der Waals surface area contributed by atoms with E-state index < -0.39 is 16.0 Å². The molecule has 0 spiro atoms. The lowest BCUT2D eigenvalue weighted by Crippen LogP contribution is -2.26. The van der Waals surface area contributed by atoms with E-state index in [1.54, 1.807) is 6.92 Å². The van der Waals surface area contributed by atoms with E-state index in [0.717, 1.165) is 16.7 Å². The number of sulfonamides is 1. The number of hydrogen-bond donors (Lipinski definition) is 2. The summed E-state index contributed by atoms with van der Waals surface area (Å²) in [6.07, 6.45) is 0.531. The van der Waals surface area contributed by atoms with Crippen LogP contribution in [0.2, 0.25) is 0 Å². The fourth-order valence-electron chi connectivity index (χ4n) is 3.34. The standard InChI is InChI=1S/C25H27NO4S/c1-17(2)20-9-11-22(12-10-20)21-7-5-19(6-8-21)14-15-26-31(29,30)23-13-4-18(3)24(16-23)25(27)28/h4-13,16-17,26H,14-15H2,1-3H3,(H,27,28). The van der Waals surface area contributed by atoms with Crippen LogP contribution in [-0.2, 0) is 16.4 Å². The normalized spacial score (nSPS) is 11.6. The number of nitrogens with one attached hydrogen (secondary N) is 1. The van der Waals surface area contributed by atoms with E-state index in [2.05, 4.69) is 42.8 Å². The van der Waals surface area contributed by atoms with Crippen molar-refractivity contribution in [2.45, 2.75) is 38.0 Å². The largest absolute Gasteiger partial charge is 0.478 e. The molecule has 0 radical (unpaired) electrons. The third kappa shape index (κ3) is 5.60. The fraction of sp³-hybridized carbons (Fsp3) is 0.240. The molecule has 3 aromatic rings. The summed E-state index contributed by atoms with van der Waals surface area (Å²) in [6.45, 7) is 6.19. The molecule has 2 N–H and O–H groups in total. The molecule has 31 heavy (non-hydrogen) atoms. The number of aromatic carboxylic acids is 1. The van der Waals surface area contributed by atoms with Gasteiger partial charge in [-0.15, -0.1) is 0 Å². The summed E-state index contributed by atoms with van der Waals surface area (Å²) in [7, 11) is -3.78. The first kappa shape index (κ1) is 22.7. The first-order valence-corrected chi connectivity index (χ1v) is 11.7. The van der Waals surface area contributed by atoms with E-state index in [0.29, 0.717) is 17.9 Å². The molecular weight excluding hydrogens is 410 g/mol. The Bertz CT molecular complexity index is 1170. The van der Waals surface area contributed by atoms with Crippen molar-refractivity contribution in [3.05, 3.63) is 89.0 Å². The zero-order valence-electron chi connectivity index (χ0n) is 17.9. The smallest absolute Gasteiger partial charge is 0.335 e. The van der Waals surface area contributed by atoms with Gasteiger partial charge in [-0.25, -0.2) is 17.9 Å². The highest BCUT2D eigenvalue weighted by Gasteiger charge is 2.17. The van der Waals surface area contributed by atoms with Gasteiger partial charge in [-0.1, -0.05) is 68.4 Å². The maximum atomic E-state index is 12.5. The highest BCUT2D eigenvalue weighted by atomic mass is 32.2. The minimum atomic E-state index is -3.78. The lowest BCUT2D eigenvalue weighted by Gasteiger charge is -2.10. The molecule has 162 valence electrons. The Morgan fingerprint density at radius 2 is 1.52 bits per heavy atom. The molecule has 0 unspecified atom stereocenters. The van der Waals surface area contributed by atoms with Crippen LogP contribution >= 0.6 is 0 Å². The van der Waals surface area contributed by atoms with Crippen LogP contribution in [0.3, 0.4) is 0 Å². The van der Waals surface area contributed by atoms with Crippen molar-refractivity contribution in [2.75, 3.05) is 6.54 Å². The Hall–Kier alpha value is -2.96. The molecule has 0 amide bonds. The third-order valence-corrected chi connectivity index (χ3v) is 6.78. The summed E-state index contributed by atoms with van der Waals surface area (Å²) in [5.41, 5.74) is 5.08. The van der Waals surface area contributed by atoms with Crippen LogP contribution in [0.5, 0.6) is 0 Å². The van der Waals surface area contributed by atoms with Crippen molar-refractivity contribution in [3.8, 4) is 11.1 Å². The quantitative estimate of drug-likeness (QED) is 0.519.